The second kappa shape index (κ2) is 9.22. The van der Waals surface area contributed by atoms with Gasteiger partial charge >= 0.3 is 6.03 Å². The van der Waals surface area contributed by atoms with Crippen molar-refractivity contribution in [1.29, 1.82) is 0 Å². The lowest BCUT2D eigenvalue weighted by Crippen LogP contribution is -2.32. The van der Waals surface area contributed by atoms with E-state index < -0.39 is 23.9 Å². The maximum absolute atomic E-state index is 13.2. The number of benzene rings is 2. The number of nitrogens with one attached hydrogen (secondary N) is 3. The second-order valence-corrected chi connectivity index (χ2v) is 6.44. The lowest BCUT2D eigenvalue weighted by atomic mass is 10.1. The Morgan fingerprint density at radius 2 is 1.93 bits per heavy atom. The molecule has 3 aromatic rings. The van der Waals surface area contributed by atoms with Crippen molar-refractivity contribution in [2.24, 2.45) is 0 Å². The summed E-state index contributed by atoms with van der Waals surface area (Å²) >= 11 is 6.15. The van der Waals surface area contributed by atoms with Crippen molar-refractivity contribution in [3.05, 3.63) is 83.0 Å². The van der Waals surface area contributed by atoms with Gasteiger partial charge in [0.05, 0.1) is 23.1 Å². The zero-order valence-electron chi connectivity index (χ0n) is 15.0. The van der Waals surface area contributed by atoms with Gasteiger partial charge in [-0.25, -0.2) is 9.18 Å². The Morgan fingerprint density at radius 1 is 1.10 bits per heavy atom. The molecule has 0 aliphatic carbocycles. The van der Waals surface area contributed by atoms with E-state index in [0.717, 1.165) is 0 Å². The topological polar surface area (TPSA) is 104 Å². The van der Waals surface area contributed by atoms with Gasteiger partial charge in [0.2, 0.25) is 0 Å². The Morgan fingerprint density at radius 3 is 2.62 bits per heavy atom. The van der Waals surface area contributed by atoms with E-state index in [-0.39, 0.29) is 17.3 Å². The lowest BCUT2D eigenvalue weighted by Gasteiger charge is -2.14. The quantitative estimate of drug-likeness (QED) is 0.483. The molecule has 1 unspecified atom stereocenters. The van der Waals surface area contributed by atoms with E-state index in [1.54, 1.807) is 18.2 Å². The molecule has 0 aliphatic heterocycles. The summed E-state index contributed by atoms with van der Waals surface area (Å²) in [5, 5.41) is 17.9. The summed E-state index contributed by atoms with van der Waals surface area (Å²) in [4.78, 5) is 24.0. The fourth-order valence-electron chi connectivity index (χ4n) is 2.48. The predicted octanol–water partition coefficient (Wildman–Crippen LogP) is 4.18. The minimum atomic E-state index is -1.06. The molecular weight excluding hydrogens is 401 g/mol. The molecule has 1 atom stereocenters. The van der Waals surface area contributed by atoms with Crippen LogP contribution in [0.25, 0.3) is 0 Å². The van der Waals surface area contributed by atoms with Gasteiger partial charge in [0.1, 0.15) is 5.82 Å². The molecule has 9 heteroatoms. The third-order valence-electron chi connectivity index (χ3n) is 3.91. The molecule has 0 fully saturated rings. The van der Waals surface area contributed by atoms with Crippen molar-refractivity contribution in [2.45, 2.75) is 6.10 Å². The predicted molar refractivity (Wildman–Crippen MR) is 106 cm³/mol. The highest BCUT2D eigenvalue weighted by atomic mass is 35.5. The molecule has 3 amide bonds. The van der Waals surface area contributed by atoms with Crippen LogP contribution >= 0.6 is 11.6 Å². The minimum absolute atomic E-state index is 0.111. The van der Waals surface area contributed by atoms with E-state index in [1.807, 2.05) is 0 Å². The van der Waals surface area contributed by atoms with Gasteiger partial charge in [-0.3, -0.25) is 4.79 Å². The number of amides is 3. The average molecular weight is 418 g/mol. The molecule has 0 aliphatic rings. The molecule has 7 nitrogen and oxygen atoms in total. The van der Waals surface area contributed by atoms with E-state index in [0.29, 0.717) is 16.9 Å². The average Bonchev–Trinajstić information content (AvgIpc) is 3.23. The van der Waals surface area contributed by atoms with Crippen LogP contribution in [0.2, 0.25) is 5.02 Å². The number of carbonyl (C=O) groups is 2. The first-order chi connectivity index (χ1) is 13.9. The summed E-state index contributed by atoms with van der Waals surface area (Å²) in [6.07, 6.45) is 0.326. The van der Waals surface area contributed by atoms with Crippen molar-refractivity contribution in [1.82, 2.24) is 5.32 Å². The first-order valence-corrected chi connectivity index (χ1v) is 8.93. The fourth-order valence-corrected chi connectivity index (χ4v) is 2.71. The van der Waals surface area contributed by atoms with Crippen LogP contribution in [0.5, 0.6) is 0 Å². The zero-order valence-corrected chi connectivity index (χ0v) is 15.7. The lowest BCUT2D eigenvalue weighted by molar-refractivity contribution is 0.0996. The van der Waals surface area contributed by atoms with Gasteiger partial charge in [-0.1, -0.05) is 23.7 Å². The normalized spacial score (nSPS) is 11.6. The first kappa shape index (κ1) is 20.4. The Kier molecular flexibility index (Phi) is 6.48. The van der Waals surface area contributed by atoms with E-state index in [4.69, 9.17) is 16.0 Å². The number of aliphatic hydroxyl groups excluding tert-OH is 1. The van der Waals surface area contributed by atoms with Gasteiger partial charge in [-0.15, -0.1) is 0 Å². The fraction of sp³-hybridized carbons (Fsp3) is 0.100. The van der Waals surface area contributed by atoms with Gasteiger partial charge in [0.25, 0.3) is 5.91 Å². The number of furan rings is 1. The Hall–Kier alpha value is -3.36. The SMILES string of the molecule is O=C(NCC(O)c1cccc(F)c1)Nc1ccc(NC(=O)c2ccco2)c(Cl)c1. The number of hydrogen-bond acceptors (Lipinski definition) is 4. The van der Waals surface area contributed by atoms with Crippen LogP contribution in [0.1, 0.15) is 22.2 Å². The van der Waals surface area contributed by atoms with E-state index in [2.05, 4.69) is 16.0 Å². The van der Waals surface area contributed by atoms with E-state index in [9.17, 15) is 19.1 Å². The van der Waals surface area contributed by atoms with Crippen molar-refractivity contribution in [3.63, 3.8) is 0 Å². The van der Waals surface area contributed by atoms with Crippen LogP contribution in [0.15, 0.2) is 65.3 Å². The van der Waals surface area contributed by atoms with Gasteiger partial charge < -0.3 is 25.5 Å². The number of carbonyl (C=O) groups excluding carboxylic acids is 2. The number of hydrogen-bond donors (Lipinski definition) is 4. The van der Waals surface area contributed by atoms with Crippen LogP contribution in [-0.2, 0) is 0 Å². The molecule has 4 N–H and O–H groups in total. The Labute approximate surface area is 170 Å². The highest BCUT2D eigenvalue weighted by Gasteiger charge is 2.13. The largest absolute Gasteiger partial charge is 0.459 e. The van der Waals surface area contributed by atoms with E-state index in [1.165, 1.54) is 42.7 Å². The standard InChI is InChI=1S/C20H17ClFN3O4/c21-15-10-14(6-7-16(15)25-19(27)18-5-2-8-29-18)24-20(28)23-11-17(26)12-3-1-4-13(22)9-12/h1-10,17,26H,11H2,(H,25,27)(H2,23,24,28). The summed E-state index contributed by atoms with van der Waals surface area (Å²) in [5.74, 6) is -0.791. The van der Waals surface area contributed by atoms with Gasteiger partial charge in [-0.05, 0) is 48.0 Å². The summed E-state index contributed by atoms with van der Waals surface area (Å²) in [5.41, 5.74) is 1.08. The van der Waals surface area contributed by atoms with E-state index >= 15 is 0 Å². The Balaban J connectivity index is 1.54. The molecule has 3 rings (SSSR count). The van der Waals surface area contributed by atoms with Gasteiger partial charge in [-0.2, -0.15) is 0 Å². The van der Waals surface area contributed by atoms with Crippen LogP contribution in [0.3, 0.4) is 0 Å². The number of aliphatic hydroxyl groups is 1. The highest BCUT2D eigenvalue weighted by Crippen LogP contribution is 2.26. The summed E-state index contributed by atoms with van der Waals surface area (Å²) in [7, 11) is 0. The minimum Gasteiger partial charge on any atom is -0.459 e. The number of halogens is 2. The molecule has 0 spiro atoms. The molecule has 2 aromatic carbocycles. The third-order valence-corrected chi connectivity index (χ3v) is 4.22. The molecule has 29 heavy (non-hydrogen) atoms. The number of urea groups is 1. The second-order valence-electron chi connectivity index (χ2n) is 6.03. The van der Waals surface area contributed by atoms with Crippen LogP contribution in [0.4, 0.5) is 20.6 Å². The van der Waals surface area contributed by atoms with Crippen molar-refractivity contribution in [3.8, 4) is 0 Å². The molecule has 0 saturated heterocycles. The van der Waals surface area contributed by atoms with Gasteiger partial charge in [0, 0.05) is 12.2 Å². The maximum Gasteiger partial charge on any atom is 0.319 e. The van der Waals surface area contributed by atoms with Crippen LogP contribution < -0.4 is 16.0 Å². The van der Waals surface area contributed by atoms with Crippen molar-refractivity contribution in [2.75, 3.05) is 17.2 Å². The number of anilines is 2. The zero-order chi connectivity index (χ0) is 20.8. The van der Waals surface area contributed by atoms with Crippen LogP contribution in [-0.4, -0.2) is 23.6 Å². The van der Waals surface area contributed by atoms with Crippen molar-refractivity contribution < 1.29 is 23.5 Å². The molecule has 150 valence electrons. The summed E-state index contributed by atoms with van der Waals surface area (Å²) in [6, 6.07) is 12.6. The molecular formula is C20H17ClFN3O4. The monoisotopic (exact) mass is 417 g/mol. The van der Waals surface area contributed by atoms with Crippen LogP contribution in [0, 0.1) is 5.82 Å². The molecule has 1 aromatic heterocycles. The summed E-state index contributed by atoms with van der Waals surface area (Å²) < 4.78 is 18.2. The molecule has 0 radical (unpaired) electrons. The first-order valence-electron chi connectivity index (χ1n) is 8.55. The molecule has 0 bridgehead atoms. The summed E-state index contributed by atoms with van der Waals surface area (Å²) in [6.45, 7) is -0.111. The molecule has 0 saturated carbocycles. The highest BCUT2D eigenvalue weighted by molar-refractivity contribution is 6.34. The van der Waals surface area contributed by atoms with Crippen molar-refractivity contribution >= 4 is 34.9 Å². The smallest absolute Gasteiger partial charge is 0.319 e. The number of rotatable bonds is 6. The molecule has 1 heterocycles. The van der Waals surface area contributed by atoms with Gasteiger partial charge in [0.15, 0.2) is 5.76 Å². The maximum atomic E-state index is 13.2. The third kappa shape index (κ3) is 5.56. The Bertz CT molecular complexity index is 1010.